The molecule has 0 unspecified atom stereocenters. The summed E-state index contributed by atoms with van der Waals surface area (Å²) in [6.45, 7) is 7.78. The van der Waals surface area contributed by atoms with Crippen LogP contribution in [-0.4, -0.2) is 47.2 Å². The molecule has 162 valence electrons. The normalized spacial score (nSPS) is 20.5. The van der Waals surface area contributed by atoms with Gasteiger partial charge in [0.1, 0.15) is 12.3 Å². The number of rotatable bonds is 6. The number of aliphatic hydroxyl groups excluding tert-OH is 1. The van der Waals surface area contributed by atoms with Crippen molar-refractivity contribution in [3.63, 3.8) is 0 Å². The zero-order valence-electron chi connectivity index (χ0n) is 18.0. The van der Waals surface area contributed by atoms with Crippen LogP contribution in [0.5, 0.6) is 0 Å². The molecule has 1 aliphatic carbocycles. The summed E-state index contributed by atoms with van der Waals surface area (Å²) >= 11 is 0. The lowest BCUT2D eigenvalue weighted by molar-refractivity contribution is -0.0531. The molecule has 1 N–H and O–H groups in total. The number of nitrogens with zero attached hydrogens (tertiary/aromatic N) is 1. The molecule has 1 amide bonds. The van der Waals surface area contributed by atoms with Crippen molar-refractivity contribution in [2.75, 3.05) is 13.2 Å². The molecule has 0 radical (unpaired) electrons. The highest BCUT2D eigenvalue weighted by Gasteiger charge is 2.47. The van der Waals surface area contributed by atoms with Gasteiger partial charge in [-0.1, -0.05) is 73.3 Å². The quantitative estimate of drug-likeness (QED) is 0.679. The number of fused-ring (bicyclic) bond motifs is 3. The van der Waals surface area contributed by atoms with Crippen molar-refractivity contribution in [2.45, 2.75) is 44.1 Å². The van der Waals surface area contributed by atoms with Crippen LogP contribution >= 0.6 is 0 Å². The number of hydrogen-bond donors (Lipinski definition) is 1. The standard InChI is InChI=1S/C26H29NO4/c1-4-5-6-15-24(28)23-17-31-26(2,3)27(23)25(29)30-16-22-20-13-9-7-11-18(20)19-12-8-10-14-21(19)22/h4-14,22-24,28H,1,15-17H2,2-3H3/b6-5+/t23-,24+/m0/s1. The summed E-state index contributed by atoms with van der Waals surface area (Å²) in [5.41, 5.74) is 3.85. The van der Waals surface area contributed by atoms with Crippen LogP contribution in [0.1, 0.15) is 37.3 Å². The zero-order chi connectivity index (χ0) is 22.0. The van der Waals surface area contributed by atoms with Crippen LogP contribution in [0.15, 0.2) is 73.3 Å². The first-order valence-corrected chi connectivity index (χ1v) is 10.7. The minimum Gasteiger partial charge on any atom is -0.448 e. The number of carbonyl (C=O) groups is 1. The van der Waals surface area contributed by atoms with E-state index in [0.29, 0.717) is 6.42 Å². The van der Waals surface area contributed by atoms with Gasteiger partial charge in [0.15, 0.2) is 0 Å². The molecule has 2 atom stereocenters. The molecule has 5 nitrogen and oxygen atoms in total. The van der Waals surface area contributed by atoms with Gasteiger partial charge >= 0.3 is 6.09 Å². The molecule has 2 aliphatic rings. The zero-order valence-corrected chi connectivity index (χ0v) is 18.0. The van der Waals surface area contributed by atoms with Crippen LogP contribution < -0.4 is 0 Å². The van der Waals surface area contributed by atoms with Crippen molar-refractivity contribution in [2.24, 2.45) is 0 Å². The number of ether oxygens (including phenoxy) is 2. The smallest absolute Gasteiger partial charge is 0.412 e. The van der Waals surface area contributed by atoms with Crippen molar-refractivity contribution in [3.8, 4) is 11.1 Å². The summed E-state index contributed by atoms with van der Waals surface area (Å²) in [4.78, 5) is 14.7. The third-order valence-corrected chi connectivity index (χ3v) is 6.15. The van der Waals surface area contributed by atoms with Gasteiger partial charge in [0.25, 0.3) is 0 Å². The highest BCUT2D eigenvalue weighted by atomic mass is 16.6. The van der Waals surface area contributed by atoms with Crippen LogP contribution in [-0.2, 0) is 9.47 Å². The predicted molar refractivity (Wildman–Crippen MR) is 121 cm³/mol. The minimum atomic E-state index is -0.851. The van der Waals surface area contributed by atoms with Crippen molar-refractivity contribution in [1.29, 1.82) is 0 Å². The summed E-state index contributed by atoms with van der Waals surface area (Å²) in [6, 6.07) is 16.0. The monoisotopic (exact) mass is 419 g/mol. The van der Waals surface area contributed by atoms with Gasteiger partial charge in [0.05, 0.1) is 18.8 Å². The van der Waals surface area contributed by atoms with E-state index in [9.17, 15) is 9.90 Å². The Morgan fingerprint density at radius 2 is 1.84 bits per heavy atom. The molecule has 1 saturated heterocycles. The second-order valence-electron chi connectivity index (χ2n) is 8.47. The molecule has 1 heterocycles. The average Bonchev–Trinajstić information content (AvgIpc) is 3.26. The van der Waals surface area contributed by atoms with Crippen LogP contribution in [0.4, 0.5) is 4.79 Å². The topological polar surface area (TPSA) is 59.0 Å². The van der Waals surface area contributed by atoms with Gasteiger partial charge in [-0.15, -0.1) is 0 Å². The van der Waals surface area contributed by atoms with Gasteiger partial charge in [-0.3, -0.25) is 4.90 Å². The van der Waals surface area contributed by atoms with Crippen LogP contribution in [0.3, 0.4) is 0 Å². The maximum absolute atomic E-state index is 13.2. The fourth-order valence-electron chi connectivity index (χ4n) is 4.61. The summed E-state index contributed by atoms with van der Waals surface area (Å²) < 4.78 is 11.6. The van der Waals surface area contributed by atoms with E-state index in [1.165, 1.54) is 27.2 Å². The Hall–Kier alpha value is -2.89. The second kappa shape index (κ2) is 8.69. The van der Waals surface area contributed by atoms with Crippen molar-refractivity contribution >= 4 is 6.09 Å². The van der Waals surface area contributed by atoms with E-state index in [4.69, 9.17) is 9.47 Å². The number of benzene rings is 2. The van der Waals surface area contributed by atoms with Gasteiger partial charge < -0.3 is 14.6 Å². The van der Waals surface area contributed by atoms with E-state index in [0.717, 1.165) is 0 Å². The molecule has 1 fully saturated rings. The Kier molecular flexibility index (Phi) is 5.99. The van der Waals surface area contributed by atoms with Gasteiger partial charge in [-0.25, -0.2) is 4.79 Å². The summed E-state index contributed by atoms with van der Waals surface area (Å²) in [5.74, 6) is -0.0121. The number of aliphatic hydroxyl groups is 1. The van der Waals surface area contributed by atoms with Crippen molar-refractivity contribution in [1.82, 2.24) is 4.90 Å². The summed E-state index contributed by atoms with van der Waals surface area (Å²) in [7, 11) is 0. The Labute approximate surface area is 183 Å². The Balaban J connectivity index is 1.51. The van der Waals surface area contributed by atoms with E-state index < -0.39 is 24.0 Å². The lowest BCUT2D eigenvalue weighted by atomic mass is 9.98. The van der Waals surface area contributed by atoms with E-state index in [1.54, 1.807) is 12.2 Å². The van der Waals surface area contributed by atoms with Crippen LogP contribution in [0, 0.1) is 0 Å². The third-order valence-electron chi connectivity index (χ3n) is 6.15. The maximum atomic E-state index is 13.2. The number of carbonyl (C=O) groups excluding carboxylic acids is 1. The SMILES string of the molecule is C=C/C=C/C[C@@H](O)[C@@H]1COC(C)(C)N1C(=O)OCC1c2ccccc2-c2ccccc21. The molecule has 0 bridgehead atoms. The van der Waals surface area contributed by atoms with Crippen LogP contribution in [0.2, 0.25) is 0 Å². The molecule has 2 aromatic rings. The first-order chi connectivity index (χ1) is 14.9. The Bertz CT molecular complexity index is 951. The molecular formula is C26H29NO4. The van der Waals surface area contributed by atoms with Crippen molar-refractivity contribution in [3.05, 3.63) is 84.5 Å². The van der Waals surface area contributed by atoms with Gasteiger partial charge in [-0.2, -0.15) is 0 Å². The molecule has 2 aromatic carbocycles. The first-order valence-electron chi connectivity index (χ1n) is 10.7. The molecule has 4 rings (SSSR count). The lowest BCUT2D eigenvalue weighted by Gasteiger charge is -2.34. The Morgan fingerprint density at radius 1 is 1.23 bits per heavy atom. The Morgan fingerprint density at radius 3 is 2.45 bits per heavy atom. The van der Waals surface area contributed by atoms with Crippen LogP contribution in [0.25, 0.3) is 11.1 Å². The molecule has 0 aromatic heterocycles. The highest BCUT2D eigenvalue weighted by Crippen LogP contribution is 2.44. The molecule has 31 heavy (non-hydrogen) atoms. The lowest BCUT2D eigenvalue weighted by Crippen LogP contribution is -2.52. The summed E-state index contributed by atoms with van der Waals surface area (Å²) in [6.07, 6.45) is 4.45. The van der Waals surface area contributed by atoms with Crippen molar-refractivity contribution < 1.29 is 19.4 Å². The van der Waals surface area contributed by atoms with Gasteiger partial charge in [-0.05, 0) is 42.5 Å². The second-order valence-corrected chi connectivity index (χ2v) is 8.47. The number of allylic oxidation sites excluding steroid dienone is 2. The average molecular weight is 420 g/mol. The van der Waals surface area contributed by atoms with Gasteiger partial charge in [0.2, 0.25) is 0 Å². The molecular weight excluding hydrogens is 390 g/mol. The van der Waals surface area contributed by atoms with E-state index in [-0.39, 0.29) is 19.1 Å². The van der Waals surface area contributed by atoms with Gasteiger partial charge in [0, 0.05) is 5.92 Å². The largest absolute Gasteiger partial charge is 0.448 e. The number of amides is 1. The molecule has 0 saturated carbocycles. The van der Waals surface area contributed by atoms with E-state index >= 15 is 0 Å². The first kappa shape index (κ1) is 21.3. The maximum Gasteiger partial charge on any atom is 0.412 e. The fourth-order valence-corrected chi connectivity index (χ4v) is 4.61. The minimum absolute atomic E-state index is 0.0121. The molecule has 1 aliphatic heterocycles. The molecule has 0 spiro atoms. The summed E-state index contributed by atoms with van der Waals surface area (Å²) in [5, 5.41) is 10.7. The fraction of sp³-hybridized carbons (Fsp3) is 0.346. The van der Waals surface area contributed by atoms with E-state index in [1.807, 2.05) is 44.2 Å². The third kappa shape index (κ3) is 4.03. The highest BCUT2D eigenvalue weighted by molar-refractivity contribution is 5.79. The molecule has 5 heteroatoms. The predicted octanol–water partition coefficient (Wildman–Crippen LogP) is 4.87. The van der Waals surface area contributed by atoms with E-state index in [2.05, 4.69) is 30.8 Å². The number of hydrogen-bond acceptors (Lipinski definition) is 4.